The third kappa shape index (κ3) is 4.75. The van der Waals surface area contributed by atoms with Crippen LogP contribution in [0.4, 0.5) is 0 Å². The van der Waals surface area contributed by atoms with E-state index in [0.717, 1.165) is 38.7 Å². The van der Waals surface area contributed by atoms with E-state index in [9.17, 15) is 0 Å². The standard InChI is InChI=1S/C14H21NO2/c1-2-6-14(7-3-1)17-10-8-15-11-13-5-4-9-16-12-13/h1-3,6-7,13,15H,4-5,8-12H2. The summed E-state index contributed by atoms with van der Waals surface area (Å²) in [4.78, 5) is 0. The molecule has 0 saturated carbocycles. The van der Waals surface area contributed by atoms with Crippen LogP contribution in [0.5, 0.6) is 5.75 Å². The highest BCUT2D eigenvalue weighted by Crippen LogP contribution is 2.12. The van der Waals surface area contributed by atoms with Crippen molar-refractivity contribution < 1.29 is 9.47 Å². The zero-order valence-corrected chi connectivity index (χ0v) is 10.2. The van der Waals surface area contributed by atoms with Crippen LogP contribution in [0.15, 0.2) is 30.3 Å². The predicted octanol–water partition coefficient (Wildman–Crippen LogP) is 2.08. The van der Waals surface area contributed by atoms with Crippen LogP contribution in [0, 0.1) is 5.92 Å². The largest absolute Gasteiger partial charge is 0.492 e. The summed E-state index contributed by atoms with van der Waals surface area (Å²) < 4.78 is 11.0. The molecular weight excluding hydrogens is 214 g/mol. The molecule has 3 nitrogen and oxygen atoms in total. The molecule has 1 fully saturated rings. The van der Waals surface area contributed by atoms with E-state index in [4.69, 9.17) is 9.47 Å². The Labute approximate surface area is 103 Å². The number of rotatable bonds is 6. The second-order valence-corrected chi connectivity index (χ2v) is 4.45. The van der Waals surface area contributed by atoms with Crippen molar-refractivity contribution in [1.29, 1.82) is 0 Å². The molecule has 1 atom stereocenters. The Morgan fingerprint density at radius 2 is 2.18 bits per heavy atom. The molecule has 17 heavy (non-hydrogen) atoms. The lowest BCUT2D eigenvalue weighted by Crippen LogP contribution is -2.31. The van der Waals surface area contributed by atoms with Gasteiger partial charge in [-0.25, -0.2) is 0 Å². The van der Waals surface area contributed by atoms with Crippen molar-refractivity contribution in [2.45, 2.75) is 12.8 Å². The highest BCUT2D eigenvalue weighted by atomic mass is 16.5. The van der Waals surface area contributed by atoms with Crippen LogP contribution >= 0.6 is 0 Å². The SMILES string of the molecule is c1ccc(OCCNCC2CCCOC2)cc1. The molecule has 1 aliphatic rings. The number of hydrogen-bond acceptors (Lipinski definition) is 3. The average Bonchev–Trinajstić information content (AvgIpc) is 2.41. The van der Waals surface area contributed by atoms with Crippen molar-refractivity contribution in [1.82, 2.24) is 5.32 Å². The minimum atomic E-state index is 0.681. The number of nitrogens with one attached hydrogen (secondary N) is 1. The summed E-state index contributed by atoms with van der Waals surface area (Å²) in [5.41, 5.74) is 0. The maximum Gasteiger partial charge on any atom is 0.119 e. The van der Waals surface area contributed by atoms with Gasteiger partial charge in [0.15, 0.2) is 0 Å². The quantitative estimate of drug-likeness (QED) is 0.766. The van der Waals surface area contributed by atoms with E-state index in [-0.39, 0.29) is 0 Å². The van der Waals surface area contributed by atoms with Gasteiger partial charge in [-0.15, -0.1) is 0 Å². The van der Waals surface area contributed by atoms with Crippen molar-refractivity contribution in [2.24, 2.45) is 5.92 Å². The Morgan fingerprint density at radius 1 is 1.29 bits per heavy atom. The van der Waals surface area contributed by atoms with Gasteiger partial charge in [0.1, 0.15) is 12.4 Å². The minimum Gasteiger partial charge on any atom is -0.492 e. The molecule has 0 spiro atoms. The van der Waals surface area contributed by atoms with Gasteiger partial charge in [0.2, 0.25) is 0 Å². The molecule has 0 bridgehead atoms. The first-order chi connectivity index (χ1) is 8.45. The Morgan fingerprint density at radius 3 is 2.94 bits per heavy atom. The fourth-order valence-corrected chi connectivity index (χ4v) is 2.03. The lowest BCUT2D eigenvalue weighted by Gasteiger charge is -2.22. The van der Waals surface area contributed by atoms with Crippen LogP contribution < -0.4 is 10.1 Å². The monoisotopic (exact) mass is 235 g/mol. The van der Waals surface area contributed by atoms with Gasteiger partial charge in [-0.3, -0.25) is 0 Å². The van der Waals surface area contributed by atoms with Crippen molar-refractivity contribution in [2.75, 3.05) is 32.9 Å². The van der Waals surface area contributed by atoms with E-state index in [2.05, 4.69) is 5.32 Å². The van der Waals surface area contributed by atoms with Crippen LogP contribution in [-0.2, 0) is 4.74 Å². The topological polar surface area (TPSA) is 30.5 Å². The number of hydrogen-bond donors (Lipinski definition) is 1. The third-order valence-electron chi connectivity index (χ3n) is 2.98. The van der Waals surface area contributed by atoms with E-state index in [1.807, 2.05) is 30.3 Å². The fourth-order valence-electron chi connectivity index (χ4n) is 2.03. The molecule has 1 unspecified atom stereocenters. The van der Waals surface area contributed by atoms with Crippen molar-refractivity contribution >= 4 is 0 Å². The zero-order valence-electron chi connectivity index (χ0n) is 10.2. The first kappa shape index (κ1) is 12.4. The molecule has 2 rings (SSSR count). The lowest BCUT2D eigenvalue weighted by molar-refractivity contribution is 0.0546. The molecule has 0 aliphatic carbocycles. The Kier molecular flexibility index (Phi) is 5.33. The summed E-state index contributed by atoms with van der Waals surface area (Å²) in [5.74, 6) is 1.62. The predicted molar refractivity (Wildman–Crippen MR) is 68.3 cm³/mol. The van der Waals surface area contributed by atoms with Crippen LogP contribution in [0.2, 0.25) is 0 Å². The maximum atomic E-state index is 5.60. The van der Waals surface area contributed by atoms with Gasteiger partial charge < -0.3 is 14.8 Å². The Hall–Kier alpha value is -1.06. The van der Waals surface area contributed by atoms with Gasteiger partial charge in [-0.1, -0.05) is 18.2 Å². The van der Waals surface area contributed by atoms with E-state index >= 15 is 0 Å². The highest BCUT2D eigenvalue weighted by molar-refractivity contribution is 5.20. The molecule has 1 aromatic carbocycles. The normalized spacial score (nSPS) is 20.1. The molecule has 1 aromatic rings. The van der Waals surface area contributed by atoms with Gasteiger partial charge in [-0.05, 0) is 30.9 Å². The third-order valence-corrected chi connectivity index (χ3v) is 2.98. The molecule has 1 heterocycles. The molecule has 0 radical (unpaired) electrons. The molecule has 1 saturated heterocycles. The van der Waals surface area contributed by atoms with Gasteiger partial charge in [0.05, 0.1) is 6.61 Å². The van der Waals surface area contributed by atoms with Gasteiger partial charge >= 0.3 is 0 Å². The fraction of sp³-hybridized carbons (Fsp3) is 0.571. The number of benzene rings is 1. The Bertz CT molecular complexity index is 296. The van der Waals surface area contributed by atoms with Crippen LogP contribution in [0.25, 0.3) is 0 Å². The second kappa shape index (κ2) is 7.30. The smallest absolute Gasteiger partial charge is 0.119 e. The summed E-state index contributed by atoms with van der Waals surface area (Å²) >= 11 is 0. The van der Waals surface area contributed by atoms with Crippen LogP contribution in [0.3, 0.4) is 0 Å². The van der Waals surface area contributed by atoms with Crippen molar-refractivity contribution in [3.05, 3.63) is 30.3 Å². The van der Waals surface area contributed by atoms with E-state index in [1.165, 1.54) is 12.8 Å². The van der Waals surface area contributed by atoms with Gasteiger partial charge in [0, 0.05) is 19.7 Å². The van der Waals surface area contributed by atoms with Crippen LogP contribution in [0.1, 0.15) is 12.8 Å². The second-order valence-electron chi connectivity index (χ2n) is 4.45. The minimum absolute atomic E-state index is 0.681. The molecule has 94 valence electrons. The summed E-state index contributed by atoms with van der Waals surface area (Å²) in [5, 5.41) is 3.42. The van der Waals surface area contributed by atoms with Crippen molar-refractivity contribution in [3.8, 4) is 5.75 Å². The first-order valence-corrected chi connectivity index (χ1v) is 6.41. The van der Waals surface area contributed by atoms with Crippen LogP contribution in [-0.4, -0.2) is 32.9 Å². The summed E-state index contributed by atoms with van der Waals surface area (Å²) in [6.45, 7) is 4.50. The summed E-state index contributed by atoms with van der Waals surface area (Å²) in [7, 11) is 0. The number of ether oxygens (including phenoxy) is 2. The highest BCUT2D eigenvalue weighted by Gasteiger charge is 2.12. The molecule has 0 amide bonds. The molecule has 1 aliphatic heterocycles. The maximum absolute atomic E-state index is 5.60. The summed E-state index contributed by atoms with van der Waals surface area (Å²) in [6.07, 6.45) is 2.49. The molecule has 1 N–H and O–H groups in total. The lowest BCUT2D eigenvalue weighted by atomic mass is 10.0. The van der Waals surface area contributed by atoms with Gasteiger partial charge in [-0.2, -0.15) is 0 Å². The van der Waals surface area contributed by atoms with E-state index < -0.39 is 0 Å². The Balaban J connectivity index is 1.51. The average molecular weight is 235 g/mol. The van der Waals surface area contributed by atoms with E-state index in [1.54, 1.807) is 0 Å². The number of para-hydroxylation sites is 1. The molecule has 0 aromatic heterocycles. The zero-order chi connectivity index (χ0) is 11.8. The summed E-state index contributed by atoms with van der Waals surface area (Å²) in [6, 6.07) is 9.93. The first-order valence-electron chi connectivity index (χ1n) is 6.41. The molecular formula is C14H21NO2. The van der Waals surface area contributed by atoms with Gasteiger partial charge in [0.25, 0.3) is 0 Å². The van der Waals surface area contributed by atoms with E-state index in [0.29, 0.717) is 5.92 Å². The van der Waals surface area contributed by atoms with Crippen molar-refractivity contribution in [3.63, 3.8) is 0 Å². The molecule has 3 heteroatoms.